The van der Waals surface area contributed by atoms with Gasteiger partial charge >= 0.3 is 0 Å². The third-order valence-electron chi connectivity index (χ3n) is 2.35. The Morgan fingerprint density at radius 1 is 1.21 bits per heavy atom. The van der Waals surface area contributed by atoms with Gasteiger partial charge in [-0.05, 0) is 25.6 Å². The molecule has 1 rings (SSSR count). The van der Waals surface area contributed by atoms with Gasteiger partial charge in [-0.1, -0.05) is 24.6 Å². The maximum atomic E-state index is 3.32. The zero-order valence-corrected chi connectivity index (χ0v) is 9.38. The predicted octanol–water partition coefficient (Wildman–Crippen LogP) is 2.04. The van der Waals surface area contributed by atoms with E-state index in [-0.39, 0.29) is 0 Å². The number of rotatable bonds is 5. The van der Waals surface area contributed by atoms with Crippen LogP contribution in [0.5, 0.6) is 0 Å². The average molecular weight is 192 g/mol. The largest absolute Gasteiger partial charge is 0.373 e. The van der Waals surface area contributed by atoms with Gasteiger partial charge < -0.3 is 10.2 Å². The van der Waals surface area contributed by atoms with Crippen molar-refractivity contribution in [3.05, 3.63) is 29.8 Å². The van der Waals surface area contributed by atoms with Gasteiger partial charge in [0.05, 0.1) is 0 Å². The lowest BCUT2D eigenvalue weighted by atomic mass is 10.2. The summed E-state index contributed by atoms with van der Waals surface area (Å²) in [5.41, 5.74) is 2.60. The molecule has 0 amide bonds. The minimum absolute atomic E-state index is 1.04. The highest BCUT2D eigenvalue weighted by Crippen LogP contribution is 2.12. The van der Waals surface area contributed by atoms with E-state index in [0.717, 1.165) is 19.6 Å². The molecule has 0 fully saturated rings. The normalized spacial score (nSPS) is 10.2. The van der Waals surface area contributed by atoms with Gasteiger partial charge in [-0.3, -0.25) is 0 Å². The monoisotopic (exact) mass is 192 g/mol. The van der Waals surface area contributed by atoms with Crippen molar-refractivity contribution in [3.63, 3.8) is 0 Å². The summed E-state index contributed by atoms with van der Waals surface area (Å²) in [4.78, 5) is 2.27. The van der Waals surface area contributed by atoms with Crippen molar-refractivity contribution in [3.8, 4) is 0 Å². The smallest absolute Gasteiger partial charge is 0.0364 e. The van der Waals surface area contributed by atoms with Gasteiger partial charge in [-0.15, -0.1) is 0 Å². The van der Waals surface area contributed by atoms with Crippen LogP contribution in [0.4, 0.5) is 5.69 Å². The standard InChI is InChI=1S/C12H20N2/c1-4-13-9-10-14(3)12-7-5-11(2)6-8-12/h5-8,13H,4,9-10H2,1-3H3. The van der Waals surface area contributed by atoms with Crippen molar-refractivity contribution < 1.29 is 0 Å². The van der Waals surface area contributed by atoms with E-state index in [4.69, 9.17) is 0 Å². The molecule has 1 aromatic carbocycles. The van der Waals surface area contributed by atoms with Crippen LogP contribution in [0.3, 0.4) is 0 Å². The molecule has 78 valence electrons. The molecule has 2 heteroatoms. The van der Waals surface area contributed by atoms with Gasteiger partial charge in [-0.2, -0.15) is 0 Å². The maximum Gasteiger partial charge on any atom is 0.0364 e. The van der Waals surface area contributed by atoms with Crippen LogP contribution in [0.15, 0.2) is 24.3 Å². The van der Waals surface area contributed by atoms with Crippen molar-refractivity contribution in [1.82, 2.24) is 5.32 Å². The minimum Gasteiger partial charge on any atom is -0.373 e. The lowest BCUT2D eigenvalue weighted by Gasteiger charge is -2.19. The van der Waals surface area contributed by atoms with Gasteiger partial charge in [0, 0.05) is 25.8 Å². The number of hydrogen-bond acceptors (Lipinski definition) is 2. The van der Waals surface area contributed by atoms with Crippen LogP contribution < -0.4 is 10.2 Å². The second-order valence-electron chi connectivity index (χ2n) is 3.61. The molecule has 0 heterocycles. The summed E-state index contributed by atoms with van der Waals surface area (Å²) in [6.07, 6.45) is 0. The summed E-state index contributed by atoms with van der Waals surface area (Å²) in [6.45, 7) is 7.38. The Balaban J connectivity index is 2.43. The number of benzene rings is 1. The number of hydrogen-bond donors (Lipinski definition) is 1. The molecule has 0 bridgehead atoms. The second-order valence-corrected chi connectivity index (χ2v) is 3.61. The Bertz CT molecular complexity index is 254. The molecule has 1 N–H and O–H groups in total. The highest BCUT2D eigenvalue weighted by Gasteiger charge is 1.98. The molecule has 0 saturated heterocycles. The van der Waals surface area contributed by atoms with E-state index in [1.165, 1.54) is 11.3 Å². The molecule has 1 aromatic rings. The van der Waals surface area contributed by atoms with Gasteiger partial charge in [0.2, 0.25) is 0 Å². The first-order valence-electron chi connectivity index (χ1n) is 5.22. The molecule has 0 radical (unpaired) electrons. The zero-order chi connectivity index (χ0) is 10.4. The van der Waals surface area contributed by atoms with Crippen LogP contribution in [-0.4, -0.2) is 26.7 Å². The van der Waals surface area contributed by atoms with E-state index >= 15 is 0 Å². The van der Waals surface area contributed by atoms with Crippen molar-refractivity contribution in [2.24, 2.45) is 0 Å². The topological polar surface area (TPSA) is 15.3 Å². The first-order valence-corrected chi connectivity index (χ1v) is 5.22. The van der Waals surface area contributed by atoms with Crippen LogP contribution >= 0.6 is 0 Å². The number of nitrogens with one attached hydrogen (secondary N) is 1. The van der Waals surface area contributed by atoms with Gasteiger partial charge in [0.25, 0.3) is 0 Å². The Morgan fingerprint density at radius 3 is 2.43 bits per heavy atom. The summed E-state index contributed by atoms with van der Waals surface area (Å²) in [5.74, 6) is 0. The van der Waals surface area contributed by atoms with Crippen LogP contribution in [0.25, 0.3) is 0 Å². The Hall–Kier alpha value is -1.02. The van der Waals surface area contributed by atoms with E-state index < -0.39 is 0 Å². The van der Waals surface area contributed by atoms with E-state index in [9.17, 15) is 0 Å². The lowest BCUT2D eigenvalue weighted by molar-refractivity contribution is 0.706. The molecular weight excluding hydrogens is 172 g/mol. The highest BCUT2D eigenvalue weighted by molar-refractivity contribution is 5.46. The predicted molar refractivity (Wildman–Crippen MR) is 63.0 cm³/mol. The van der Waals surface area contributed by atoms with Crippen LogP contribution in [0, 0.1) is 6.92 Å². The minimum atomic E-state index is 1.04. The highest BCUT2D eigenvalue weighted by atomic mass is 15.1. The quantitative estimate of drug-likeness (QED) is 0.718. The maximum absolute atomic E-state index is 3.32. The summed E-state index contributed by atoms with van der Waals surface area (Å²) in [7, 11) is 2.13. The number of likely N-dealkylation sites (N-methyl/N-ethyl adjacent to an activating group) is 2. The molecule has 0 saturated carbocycles. The third-order valence-corrected chi connectivity index (χ3v) is 2.35. The fourth-order valence-electron chi connectivity index (χ4n) is 1.35. The summed E-state index contributed by atoms with van der Waals surface area (Å²) >= 11 is 0. The zero-order valence-electron chi connectivity index (χ0n) is 9.38. The third kappa shape index (κ3) is 3.38. The lowest BCUT2D eigenvalue weighted by Crippen LogP contribution is -2.28. The molecule has 2 nitrogen and oxygen atoms in total. The van der Waals surface area contributed by atoms with Gasteiger partial charge in [-0.25, -0.2) is 0 Å². The van der Waals surface area contributed by atoms with Gasteiger partial charge in [0.15, 0.2) is 0 Å². The molecule has 14 heavy (non-hydrogen) atoms. The SMILES string of the molecule is CCNCCN(C)c1ccc(C)cc1. The van der Waals surface area contributed by atoms with E-state index in [1.54, 1.807) is 0 Å². The number of nitrogens with zero attached hydrogens (tertiary/aromatic N) is 1. The second kappa shape index (κ2) is 5.66. The molecule has 0 aliphatic rings. The molecule has 0 aliphatic carbocycles. The average Bonchev–Trinajstić information content (AvgIpc) is 2.19. The molecule has 0 spiro atoms. The van der Waals surface area contributed by atoms with E-state index in [2.05, 4.69) is 55.4 Å². The van der Waals surface area contributed by atoms with Crippen LogP contribution in [0.2, 0.25) is 0 Å². The Labute approximate surface area is 86.9 Å². The summed E-state index contributed by atoms with van der Waals surface area (Å²) < 4.78 is 0. The molecule has 0 atom stereocenters. The summed E-state index contributed by atoms with van der Waals surface area (Å²) in [6, 6.07) is 8.64. The van der Waals surface area contributed by atoms with E-state index in [0.29, 0.717) is 0 Å². The fourth-order valence-corrected chi connectivity index (χ4v) is 1.35. The molecular formula is C12H20N2. The van der Waals surface area contributed by atoms with Crippen molar-refractivity contribution in [2.45, 2.75) is 13.8 Å². The molecule has 0 aromatic heterocycles. The first-order chi connectivity index (χ1) is 6.74. The fraction of sp³-hybridized carbons (Fsp3) is 0.500. The molecule has 0 unspecified atom stereocenters. The van der Waals surface area contributed by atoms with E-state index in [1.807, 2.05) is 0 Å². The number of anilines is 1. The van der Waals surface area contributed by atoms with Crippen LogP contribution in [-0.2, 0) is 0 Å². The molecule has 0 aliphatic heterocycles. The van der Waals surface area contributed by atoms with Crippen molar-refractivity contribution in [1.29, 1.82) is 0 Å². The Kier molecular flexibility index (Phi) is 4.47. The van der Waals surface area contributed by atoms with Crippen molar-refractivity contribution in [2.75, 3.05) is 31.6 Å². The Morgan fingerprint density at radius 2 is 1.86 bits per heavy atom. The van der Waals surface area contributed by atoms with Crippen molar-refractivity contribution >= 4 is 5.69 Å². The number of aryl methyl sites for hydroxylation is 1. The first kappa shape index (κ1) is 11.1. The van der Waals surface area contributed by atoms with Gasteiger partial charge in [0.1, 0.15) is 0 Å². The van der Waals surface area contributed by atoms with Crippen LogP contribution in [0.1, 0.15) is 12.5 Å². The summed E-state index contributed by atoms with van der Waals surface area (Å²) in [5, 5.41) is 3.32.